The Balaban J connectivity index is 1.47. The Morgan fingerprint density at radius 2 is 0.677 bits per heavy atom. The highest BCUT2D eigenvalue weighted by atomic mass is 14.3. The van der Waals surface area contributed by atoms with E-state index in [1.54, 1.807) is 0 Å². The average Bonchev–Trinajstić information content (AvgIpc) is 2.83. The van der Waals surface area contributed by atoms with E-state index in [0.29, 0.717) is 0 Å². The lowest BCUT2D eigenvalue weighted by Gasteiger charge is -2.26. The van der Waals surface area contributed by atoms with Gasteiger partial charge in [-0.2, -0.15) is 0 Å². The predicted octanol–water partition coefficient (Wildman–Crippen LogP) is 8.35. The van der Waals surface area contributed by atoms with Crippen molar-refractivity contribution in [2.75, 3.05) is 0 Å². The number of benzene rings is 4. The van der Waals surface area contributed by atoms with Gasteiger partial charge in [0.2, 0.25) is 0 Å². The van der Waals surface area contributed by atoms with E-state index < -0.39 is 0 Å². The van der Waals surface area contributed by atoms with Crippen molar-refractivity contribution in [3.05, 3.63) is 143 Å². The molecule has 0 fully saturated rings. The molecule has 0 aromatic heterocycles. The monoisotopic (exact) mass is 400 g/mol. The summed E-state index contributed by atoms with van der Waals surface area (Å²) in [6.45, 7) is 4.58. The molecule has 0 aliphatic heterocycles. The van der Waals surface area contributed by atoms with Crippen molar-refractivity contribution in [3.8, 4) is 0 Å². The minimum absolute atomic E-state index is 0.0522. The Morgan fingerprint density at radius 3 is 1.00 bits per heavy atom. The summed E-state index contributed by atoms with van der Waals surface area (Å²) < 4.78 is 0. The first-order valence-corrected chi connectivity index (χ1v) is 10.8. The van der Waals surface area contributed by atoms with Crippen LogP contribution in [0.4, 0.5) is 0 Å². The molecule has 0 heterocycles. The van der Waals surface area contributed by atoms with Gasteiger partial charge in [-0.1, -0.05) is 147 Å². The van der Waals surface area contributed by atoms with Crippen LogP contribution in [0.2, 0.25) is 0 Å². The van der Waals surface area contributed by atoms with Crippen LogP contribution in [0.15, 0.2) is 109 Å². The van der Waals surface area contributed by atoms with Crippen molar-refractivity contribution < 1.29 is 0 Å². The van der Waals surface area contributed by atoms with Gasteiger partial charge in [-0.3, -0.25) is 0 Å². The summed E-state index contributed by atoms with van der Waals surface area (Å²) in [5.41, 5.74) is 7.44. The topological polar surface area (TPSA) is 0 Å². The van der Waals surface area contributed by atoms with Crippen molar-refractivity contribution in [2.45, 2.75) is 19.3 Å². The summed E-state index contributed by atoms with van der Waals surface area (Å²) in [5.74, 6) is 0. The third-order valence-corrected chi connectivity index (χ3v) is 5.80. The predicted molar refractivity (Wildman–Crippen MR) is 136 cm³/mol. The Morgan fingerprint density at radius 1 is 0.387 bits per heavy atom. The van der Waals surface area contributed by atoms with Crippen molar-refractivity contribution in [3.63, 3.8) is 0 Å². The summed E-state index contributed by atoms with van der Waals surface area (Å²) in [6, 6.07) is 38.6. The molecule has 0 amide bonds. The SMILES string of the molecule is CC(C)(c1ccc(/C=C/c2ccccc2)cc1)c1ccc(/C=C/c2ccccc2)cc1. The molecule has 0 nitrogen and oxygen atoms in total. The van der Waals surface area contributed by atoms with E-state index in [1.807, 2.05) is 12.1 Å². The Kier molecular flexibility index (Phi) is 6.29. The molecule has 0 bridgehead atoms. The van der Waals surface area contributed by atoms with Crippen LogP contribution in [-0.4, -0.2) is 0 Å². The molecule has 0 atom stereocenters. The average molecular weight is 401 g/mol. The van der Waals surface area contributed by atoms with Crippen LogP contribution in [0.5, 0.6) is 0 Å². The van der Waals surface area contributed by atoms with Gasteiger partial charge in [0, 0.05) is 5.41 Å². The number of rotatable bonds is 6. The molecule has 152 valence electrons. The molecule has 0 aliphatic rings. The van der Waals surface area contributed by atoms with E-state index in [1.165, 1.54) is 33.4 Å². The van der Waals surface area contributed by atoms with Gasteiger partial charge in [0.1, 0.15) is 0 Å². The zero-order valence-electron chi connectivity index (χ0n) is 18.2. The Hall–Kier alpha value is -3.64. The fraction of sp³-hybridized carbons (Fsp3) is 0.0968. The fourth-order valence-corrected chi connectivity index (χ4v) is 3.70. The van der Waals surface area contributed by atoms with Crippen molar-refractivity contribution >= 4 is 24.3 Å². The van der Waals surface area contributed by atoms with Crippen LogP contribution in [0.3, 0.4) is 0 Å². The normalized spacial score (nSPS) is 11.9. The van der Waals surface area contributed by atoms with Crippen LogP contribution in [0.1, 0.15) is 47.2 Å². The highest BCUT2D eigenvalue weighted by molar-refractivity contribution is 5.70. The third kappa shape index (κ3) is 5.29. The van der Waals surface area contributed by atoms with Crippen molar-refractivity contribution in [1.29, 1.82) is 0 Å². The van der Waals surface area contributed by atoms with E-state index in [-0.39, 0.29) is 5.41 Å². The summed E-state index contributed by atoms with van der Waals surface area (Å²) in [5, 5.41) is 0. The second-order valence-corrected chi connectivity index (χ2v) is 8.36. The highest BCUT2D eigenvalue weighted by Gasteiger charge is 2.22. The first-order chi connectivity index (χ1) is 15.1. The molecule has 0 saturated heterocycles. The van der Waals surface area contributed by atoms with Crippen LogP contribution >= 0.6 is 0 Å². The van der Waals surface area contributed by atoms with Gasteiger partial charge < -0.3 is 0 Å². The van der Waals surface area contributed by atoms with Gasteiger partial charge in [0.25, 0.3) is 0 Å². The molecule has 0 saturated carbocycles. The molecule has 4 aromatic carbocycles. The molecule has 0 radical (unpaired) electrons. The maximum atomic E-state index is 2.29. The van der Waals surface area contributed by atoms with Gasteiger partial charge in [-0.05, 0) is 33.4 Å². The smallest absolute Gasteiger partial charge is 0.0146 e. The maximum absolute atomic E-state index is 2.29. The van der Waals surface area contributed by atoms with E-state index >= 15 is 0 Å². The fourth-order valence-electron chi connectivity index (χ4n) is 3.70. The molecular formula is C31H28. The molecule has 0 N–H and O–H groups in total. The van der Waals surface area contributed by atoms with Crippen molar-refractivity contribution in [2.24, 2.45) is 0 Å². The lowest BCUT2D eigenvalue weighted by atomic mass is 9.78. The van der Waals surface area contributed by atoms with Crippen LogP contribution < -0.4 is 0 Å². The largest absolute Gasteiger partial charge is 0.0622 e. The van der Waals surface area contributed by atoms with E-state index in [4.69, 9.17) is 0 Å². The zero-order chi connectivity index (χ0) is 21.5. The lowest BCUT2D eigenvalue weighted by Crippen LogP contribution is -2.18. The number of hydrogen-bond donors (Lipinski definition) is 0. The van der Waals surface area contributed by atoms with E-state index in [9.17, 15) is 0 Å². The van der Waals surface area contributed by atoms with Gasteiger partial charge in [0.15, 0.2) is 0 Å². The first kappa shape index (κ1) is 20.6. The minimum Gasteiger partial charge on any atom is -0.0622 e. The first-order valence-electron chi connectivity index (χ1n) is 10.8. The van der Waals surface area contributed by atoms with Gasteiger partial charge >= 0.3 is 0 Å². The van der Waals surface area contributed by atoms with Gasteiger partial charge in [0.05, 0.1) is 0 Å². The van der Waals surface area contributed by atoms with E-state index in [2.05, 4.69) is 135 Å². The Bertz CT molecular complexity index is 1050. The summed E-state index contributed by atoms with van der Waals surface area (Å²) in [6.07, 6.45) is 8.64. The molecule has 0 heteroatoms. The summed E-state index contributed by atoms with van der Waals surface area (Å²) >= 11 is 0. The maximum Gasteiger partial charge on any atom is 0.0146 e. The van der Waals surface area contributed by atoms with Crippen LogP contribution in [0.25, 0.3) is 24.3 Å². The molecule has 0 unspecified atom stereocenters. The van der Waals surface area contributed by atoms with E-state index in [0.717, 1.165) is 0 Å². The van der Waals surface area contributed by atoms with Crippen LogP contribution in [0, 0.1) is 0 Å². The van der Waals surface area contributed by atoms with Crippen LogP contribution in [-0.2, 0) is 5.41 Å². The molecule has 0 spiro atoms. The Labute approximate surface area is 186 Å². The standard InChI is InChI=1S/C31H28/c1-31(2,29-21-17-27(18-22-29)15-13-25-9-5-3-6-10-25)30-23-19-28(20-24-30)16-14-26-11-7-4-8-12-26/h3-24H,1-2H3/b15-13+,16-14+. The third-order valence-electron chi connectivity index (χ3n) is 5.80. The highest BCUT2D eigenvalue weighted by Crippen LogP contribution is 2.32. The second-order valence-electron chi connectivity index (χ2n) is 8.36. The minimum atomic E-state index is -0.0522. The molecule has 31 heavy (non-hydrogen) atoms. The summed E-state index contributed by atoms with van der Waals surface area (Å²) in [4.78, 5) is 0. The quantitative estimate of drug-likeness (QED) is 0.285. The van der Waals surface area contributed by atoms with Crippen molar-refractivity contribution in [1.82, 2.24) is 0 Å². The zero-order valence-corrected chi connectivity index (χ0v) is 18.2. The molecule has 4 rings (SSSR count). The number of hydrogen-bond acceptors (Lipinski definition) is 0. The van der Waals surface area contributed by atoms with Gasteiger partial charge in [-0.25, -0.2) is 0 Å². The molecule has 4 aromatic rings. The second kappa shape index (κ2) is 9.45. The molecule has 0 aliphatic carbocycles. The summed E-state index contributed by atoms with van der Waals surface area (Å²) in [7, 11) is 0. The van der Waals surface area contributed by atoms with Gasteiger partial charge in [-0.15, -0.1) is 0 Å². The lowest BCUT2D eigenvalue weighted by molar-refractivity contribution is 0.641. The molecular weight excluding hydrogens is 372 g/mol.